The average Bonchev–Trinajstić information content (AvgIpc) is 2.23. The number of hydrogen-bond acceptors (Lipinski definition) is 1. The average molecular weight is 222 g/mol. The summed E-state index contributed by atoms with van der Waals surface area (Å²) in [5, 5.41) is 10.5. The largest absolute Gasteiger partial charge is 0.390 e. The Kier molecular flexibility index (Phi) is 3.18. The predicted octanol–water partition coefficient (Wildman–Crippen LogP) is 3.78. The maximum Gasteiger partial charge on any atom is 0.0650 e. The van der Waals surface area contributed by atoms with Crippen molar-refractivity contribution in [1.29, 1.82) is 0 Å². The second-order valence-corrected chi connectivity index (χ2v) is 6.50. The first-order chi connectivity index (χ1) is 7.42. The van der Waals surface area contributed by atoms with Crippen LogP contribution < -0.4 is 0 Å². The Morgan fingerprint density at radius 1 is 1.31 bits per heavy atom. The third kappa shape index (κ3) is 2.07. The van der Waals surface area contributed by atoms with Gasteiger partial charge in [0.2, 0.25) is 0 Å². The van der Waals surface area contributed by atoms with Crippen molar-refractivity contribution in [2.75, 3.05) is 0 Å². The highest BCUT2D eigenvalue weighted by molar-refractivity contribution is 5.04. The lowest BCUT2D eigenvalue weighted by Gasteiger charge is -2.50. The molecule has 0 saturated heterocycles. The Morgan fingerprint density at radius 2 is 2.00 bits per heavy atom. The Bertz CT molecular complexity index is 279. The minimum atomic E-state index is -0.406. The van der Waals surface area contributed by atoms with Crippen LogP contribution in [0.1, 0.15) is 52.9 Å². The van der Waals surface area contributed by atoms with Gasteiger partial charge in [0.25, 0.3) is 0 Å². The van der Waals surface area contributed by atoms with Crippen molar-refractivity contribution in [1.82, 2.24) is 0 Å². The first-order valence-electron chi connectivity index (χ1n) is 6.79. The van der Waals surface area contributed by atoms with Gasteiger partial charge in [0.15, 0.2) is 0 Å². The van der Waals surface area contributed by atoms with Crippen LogP contribution in [-0.2, 0) is 0 Å². The summed E-state index contributed by atoms with van der Waals surface area (Å²) in [7, 11) is 0. The van der Waals surface area contributed by atoms with Gasteiger partial charge in [-0.1, -0.05) is 19.1 Å². The summed E-state index contributed by atoms with van der Waals surface area (Å²) in [6, 6.07) is 0. The molecule has 0 unspecified atom stereocenters. The van der Waals surface area contributed by atoms with Gasteiger partial charge in [0.05, 0.1) is 5.60 Å². The van der Waals surface area contributed by atoms with E-state index in [1.165, 1.54) is 31.3 Å². The van der Waals surface area contributed by atoms with Crippen LogP contribution >= 0.6 is 0 Å². The molecular formula is C15H26O. The zero-order chi connectivity index (χ0) is 11.9. The van der Waals surface area contributed by atoms with E-state index in [4.69, 9.17) is 0 Å². The van der Waals surface area contributed by atoms with Crippen molar-refractivity contribution < 1.29 is 5.11 Å². The van der Waals surface area contributed by atoms with Crippen molar-refractivity contribution in [3.8, 4) is 0 Å². The molecule has 0 aromatic rings. The Hall–Kier alpha value is -0.300. The second-order valence-electron chi connectivity index (χ2n) is 6.50. The molecule has 16 heavy (non-hydrogen) atoms. The fourth-order valence-corrected chi connectivity index (χ4v) is 3.97. The van der Waals surface area contributed by atoms with Crippen LogP contribution in [0.25, 0.3) is 0 Å². The minimum Gasteiger partial charge on any atom is -0.390 e. The van der Waals surface area contributed by atoms with Gasteiger partial charge in [-0.2, -0.15) is 0 Å². The number of fused-ring (bicyclic) bond motifs is 1. The van der Waals surface area contributed by atoms with Gasteiger partial charge < -0.3 is 5.11 Å². The number of aliphatic hydroxyl groups is 1. The molecular weight excluding hydrogens is 196 g/mol. The van der Waals surface area contributed by atoms with E-state index in [1.807, 2.05) is 0 Å². The summed E-state index contributed by atoms with van der Waals surface area (Å²) in [5.74, 6) is 2.75. The monoisotopic (exact) mass is 222 g/mol. The fraction of sp³-hybridized carbons (Fsp3) is 0.867. The summed E-state index contributed by atoms with van der Waals surface area (Å²) in [5.41, 5.74) is 0.938. The molecule has 0 bridgehead atoms. The molecule has 0 amide bonds. The van der Waals surface area contributed by atoms with Gasteiger partial charge in [-0.25, -0.2) is 0 Å². The summed E-state index contributed by atoms with van der Waals surface area (Å²) in [6.45, 7) is 10.7. The van der Waals surface area contributed by atoms with Gasteiger partial charge in [0, 0.05) is 0 Å². The van der Waals surface area contributed by atoms with E-state index < -0.39 is 5.60 Å². The van der Waals surface area contributed by atoms with Crippen LogP contribution in [0.15, 0.2) is 12.2 Å². The van der Waals surface area contributed by atoms with Crippen molar-refractivity contribution >= 4 is 0 Å². The molecule has 1 heteroatoms. The van der Waals surface area contributed by atoms with Gasteiger partial charge in [-0.05, 0) is 69.6 Å². The van der Waals surface area contributed by atoms with E-state index >= 15 is 0 Å². The molecule has 0 spiro atoms. The van der Waals surface area contributed by atoms with Crippen LogP contribution in [-0.4, -0.2) is 10.7 Å². The van der Waals surface area contributed by atoms with E-state index in [9.17, 15) is 5.11 Å². The minimum absolute atomic E-state index is 0.406. The lowest BCUT2D eigenvalue weighted by molar-refractivity contribution is -0.0975. The van der Waals surface area contributed by atoms with Gasteiger partial charge in [-0.15, -0.1) is 0 Å². The number of allylic oxidation sites excluding steroid dienone is 1. The van der Waals surface area contributed by atoms with Gasteiger partial charge >= 0.3 is 0 Å². The highest BCUT2D eigenvalue weighted by Crippen LogP contribution is 2.50. The van der Waals surface area contributed by atoms with Gasteiger partial charge in [-0.3, -0.25) is 0 Å². The SMILES string of the molecule is C=C(C)[C@H]1CC[C@H]2[C@H](C1)[C@H](C)CC[C@@]2(C)O. The Morgan fingerprint density at radius 3 is 2.62 bits per heavy atom. The predicted molar refractivity (Wildman–Crippen MR) is 68.2 cm³/mol. The third-order valence-electron chi connectivity index (χ3n) is 5.23. The quantitative estimate of drug-likeness (QED) is 0.669. The number of hydrogen-bond donors (Lipinski definition) is 1. The standard InChI is InChI=1S/C15H26O/c1-10(2)12-5-6-14-13(9-12)11(3)7-8-15(14,4)16/h11-14,16H,1,5-9H2,2-4H3/t11-,12+,13-,14+,15-/m1/s1. The summed E-state index contributed by atoms with van der Waals surface area (Å²) in [4.78, 5) is 0. The van der Waals surface area contributed by atoms with Crippen LogP contribution in [0.5, 0.6) is 0 Å². The topological polar surface area (TPSA) is 20.2 Å². The van der Waals surface area contributed by atoms with Crippen LogP contribution in [0.4, 0.5) is 0 Å². The van der Waals surface area contributed by atoms with Crippen LogP contribution in [0, 0.1) is 23.7 Å². The molecule has 2 aliphatic carbocycles. The van der Waals surface area contributed by atoms with E-state index in [0.717, 1.165) is 18.3 Å². The number of rotatable bonds is 1. The molecule has 0 heterocycles. The second kappa shape index (κ2) is 4.18. The van der Waals surface area contributed by atoms with Crippen LogP contribution in [0.2, 0.25) is 0 Å². The van der Waals surface area contributed by atoms with Gasteiger partial charge in [0.1, 0.15) is 0 Å². The summed E-state index contributed by atoms with van der Waals surface area (Å²) < 4.78 is 0. The van der Waals surface area contributed by atoms with E-state index in [-0.39, 0.29) is 0 Å². The smallest absolute Gasteiger partial charge is 0.0650 e. The molecule has 2 fully saturated rings. The van der Waals surface area contributed by atoms with Crippen LogP contribution in [0.3, 0.4) is 0 Å². The fourth-order valence-electron chi connectivity index (χ4n) is 3.97. The molecule has 0 radical (unpaired) electrons. The lowest BCUT2D eigenvalue weighted by atomic mass is 9.57. The van der Waals surface area contributed by atoms with Crippen molar-refractivity contribution in [2.45, 2.75) is 58.5 Å². The molecule has 0 aromatic carbocycles. The van der Waals surface area contributed by atoms with E-state index in [1.54, 1.807) is 0 Å². The molecule has 1 N–H and O–H groups in total. The molecule has 2 rings (SSSR count). The normalized spacial score (nSPS) is 48.5. The van der Waals surface area contributed by atoms with Crippen molar-refractivity contribution in [2.24, 2.45) is 23.7 Å². The highest BCUT2D eigenvalue weighted by atomic mass is 16.3. The molecule has 92 valence electrons. The summed E-state index contributed by atoms with van der Waals surface area (Å²) >= 11 is 0. The first kappa shape index (κ1) is 12.2. The molecule has 2 aliphatic rings. The third-order valence-corrected chi connectivity index (χ3v) is 5.23. The van der Waals surface area contributed by atoms with E-state index in [0.29, 0.717) is 11.8 Å². The Balaban J connectivity index is 2.13. The molecule has 1 nitrogen and oxygen atoms in total. The molecule has 0 aliphatic heterocycles. The van der Waals surface area contributed by atoms with Crippen molar-refractivity contribution in [3.63, 3.8) is 0 Å². The zero-order valence-electron chi connectivity index (χ0n) is 11.0. The molecule has 5 atom stereocenters. The molecule has 2 saturated carbocycles. The first-order valence-corrected chi connectivity index (χ1v) is 6.79. The highest BCUT2D eigenvalue weighted by Gasteiger charge is 2.46. The maximum absolute atomic E-state index is 10.5. The molecule has 0 aromatic heterocycles. The lowest BCUT2D eigenvalue weighted by Crippen LogP contribution is -2.48. The Labute approximate surface area is 99.9 Å². The summed E-state index contributed by atoms with van der Waals surface area (Å²) in [6.07, 6.45) is 5.88. The van der Waals surface area contributed by atoms with Crippen molar-refractivity contribution in [3.05, 3.63) is 12.2 Å². The maximum atomic E-state index is 10.5. The zero-order valence-corrected chi connectivity index (χ0v) is 11.0. The van der Waals surface area contributed by atoms with E-state index in [2.05, 4.69) is 27.4 Å².